The number of fused-ring (bicyclic) bond motifs is 2. The maximum Gasteiger partial charge on any atom is 0.419 e. The highest BCUT2D eigenvalue weighted by molar-refractivity contribution is 5.96. The molecule has 0 bridgehead atoms. The second-order valence-electron chi connectivity index (χ2n) is 7.67. The normalized spacial score (nSPS) is 11.8. The van der Waals surface area contributed by atoms with E-state index in [1.54, 1.807) is 52.3 Å². The van der Waals surface area contributed by atoms with Gasteiger partial charge in [-0.15, -0.1) is 0 Å². The van der Waals surface area contributed by atoms with E-state index in [9.17, 15) is 9.18 Å². The molecular formula is C22H20FN3O3. The molecule has 3 aromatic heterocycles. The summed E-state index contributed by atoms with van der Waals surface area (Å²) in [5.41, 5.74) is 1.25. The Morgan fingerprint density at radius 1 is 1.07 bits per heavy atom. The van der Waals surface area contributed by atoms with Gasteiger partial charge in [0.1, 0.15) is 17.2 Å². The first-order chi connectivity index (χ1) is 13.7. The van der Waals surface area contributed by atoms with Crippen LogP contribution in [0.25, 0.3) is 33.3 Å². The van der Waals surface area contributed by atoms with Crippen LogP contribution in [0.2, 0.25) is 0 Å². The summed E-state index contributed by atoms with van der Waals surface area (Å²) in [7, 11) is 1.57. The molecule has 0 amide bonds. The van der Waals surface area contributed by atoms with Crippen LogP contribution in [0.5, 0.6) is 5.75 Å². The average molecular weight is 393 g/mol. The molecule has 0 saturated carbocycles. The molecule has 0 unspecified atom stereocenters. The lowest BCUT2D eigenvalue weighted by atomic mass is 10.2. The van der Waals surface area contributed by atoms with Crippen LogP contribution >= 0.6 is 0 Å². The summed E-state index contributed by atoms with van der Waals surface area (Å²) in [5.74, 6) is 0.192. The van der Waals surface area contributed by atoms with Gasteiger partial charge < -0.3 is 9.47 Å². The highest BCUT2D eigenvalue weighted by Gasteiger charge is 2.23. The van der Waals surface area contributed by atoms with Crippen molar-refractivity contribution in [2.24, 2.45) is 0 Å². The zero-order valence-corrected chi connectivity index (χ0v) is 16.6. The van der Waals surface area contributed by atoms with Crippen molar-refractivity contribution < 1.29 is 18.7 Å². The molecule has 4 aromatic rings. The smallest absolute Gasteiger partial charge is 0.419 e. The van der Waals surface area contributed by atoms with E-state index in [0.29, 0.717) is 33.7 Å². The molecule has 6 nitrogen and oxygen atoms in total. The maximum absolute atomic E-state index is 13.9. The van der Waals surface area contributed by atoms with Gasteiger partial charge in [-0.05, 0) is 63.2 Å². The van der Waals surface area contributed by atoms with Gasteiger partial charge in [0.05, 0.1) is 30.2 Å². The van der Waals surface area contributed by atoms with Crippen molar-refractivity contribution in [2.45, 2.75) is 26.4 Å². The van der Waals surface area contributed by atoms with E-state index in [-0.39, 0.29) is 0 Å². The summed E-state index contributed by atoms with van der Waals surface area (Å²) in [6.07, 6.45) is 0.982. The van der Waals surface area contributed by atoms with Crippen molar-refractivity contribution in [2.75, 3.05) is 7.11 Å². The number of ether oxygens (including phenoxy) is 2. The molecule has 0 aliphatic heterocycles. The molecule has 0 radical (unpaired) electrons. The number of nitrogens with zero attached hydrogens (tertiary/aromatic N) is 3. The summed E-state index contributed by atoms with van der Waals surface area (Å²) in [6, 6.07) is 11.5. The minimum Gasteiger partial charge on any atom is -0.495 e. The zero-order valence-electron chi connectivity index (χ0n) is 16.6. The molecule has 148 valence electrons. The molecule has 0 spiro atoms. The summed E-state index contributed by atoms with van der Waals surface area (Å²) in [4.78, 5) is 21.9. The molecular weight excluding hydrogens is 373 g/mol. The van der Waals surface area contributed by atoms with Crippen molar-refractivity contribution in [3.63, 3.8) is 0 Å². The lowest BCUT2D eigenvalue weighted by Gasteiger charge is -2.21. The Bertz CT molecular complexity index is 1240. The van der Waals surface area contributed by atoms with Crippen molar-refractivity contribution in [3.8, 4) is 17.1 Å². The van der Waals surface area contributed by atoms with Gasteiger partial charge in [-0.1, -0.05) is 0 Å². The fourth-order valence-corrected chi connectivity index (χ4v) is 3.11. The summed E-state index contributed by atoms with van der Waals surface area (Å²) < 4.78 is 26.0. The quantitative estimate of drug-likeness (QED) is 0.469. The lowest BCUT2D eigenvalue weighted by molar-refractivity contribution is 0.0547. The van der Waals surface area contributed by atoms with Crippen LogP contribution in [0, 0.1) is 5.82 Å². The maximum atomic E-state index is 13.9. The average Bonchev–Trinajstić information content (AvgIpc) is 3.04. The van der Waals surface area contributed by atoms with E-state index in [1.165, 1.54) is 16.7 Å². The number of halogens is 1. The topological polar surface area (TPSA) is 66.2 Å². The second kappa shape index (κ2) is 6.84. The van der Waals surface area contributed by atoms with Gasteiger partial charge in [-0.3, -0.25) is 0 Å². The third-order valence-electron chi connectivity index (χ3n) is 4.36. The molecule has 29 heavy (non-hydrogen) atoms. The van der Waals surface area contributed by atoms with E-state index < -0.39 is 17.5 Å². The summed E-state index contributed by atoms with van der Waals surface area (Å²) in [6.45, 7) is 5.34. The number of hydrogen-bond acceptors (Lipinski definition) is 5. The van der Waals surface area contributed by atoms with Crippen LogP contribution in [0.4, 0.5) is 9.18 Å². The third kappa shape index (κ3) is 3.63. The minimum atomic E-state index is -0.701. The van der Waals surface area contributed by atoms with E-state index >= 15 is 0 Å². The van der Waals surface area contributed by atoms with Crippen molar-refractivity contribution in [1.82, 2.24) is 14.5 Å². The Hall–Kier alpha value is -3.48. The number of hydrogen-bond donors (Lipinski definition) is 0. The Morgan fingerprint density at radius 2 is 1.83 bits per heavy atom. The zero-order chi connectivity index (χ0) is 20.8. The SMILES string of the molecule is COc1cnc2nc(-c3cc4ccc(F)cc4n3C(=O)OC(C)(C)C)ccc2c1. The number of carbonyl (C=O) groups excluding carboxylic acids is 1. The van der Waals surface area contributed by atoms with E-state index in [2.05, 4.69) is 9.97 Å². The van der Waals surface area contributed by atoms with Crippen molar-refractivity contribution in [3.05, 3.63) is 54.5 Å². The predicted octanol–water partition coefficient (Wildman–Crippen LogP) is 5.18. The Labute approximate surface area is 166 Å². The highest BCUT2D eigenvalue weighted by atomic mass is 19.1. The van der Waals surface area contributed by atoms with Gasteiger partial charge in [0.25, 0.3) is 0 Å². The van der Waals surface area contributed by atoms with Gasteiger partial charge >= 0.3 is 6.09 Å². The van der Waals surface area contributed by atoms with Crippen LogP contribution in [0.1, 0.15) is 20.8 Å². The molecule has 1 aromatic carbocycles. The molecule has 0 atom stereocenters. The number of carbonyl (C=O) groups is 1. The molecule has 0 saturated heterocycles. The van der Waals surface area contributed by atoms with Crippen molar-refractivity contribution >= 4 is 28.0 Å². The van der Waals surface area contributed by atoms with Crippen LogP contribution < -0.4 is 4.74 Å². The Kier molecular flexibility index (Phi) is 4.45. The van der Waals surface area contributed by atoms with Crippen LogP contribution in [-0.2, 0) is 4.74 Å². The fraction of sp³-hybridized carbons (Fsp3) is 0.227. The number of pyridine rings is 2. The van der Waals surface area contributed by atoms with Gasteiger partial charge in [0.15, 0.2) is 5.65 Å². The van der Waals surface area contributed by atoms with Gasteiger partial charge in [-0.2, -0.15) is 0 Å². The standard InChI is InChI=1S/C22H20FN3O3/c1-22(2,3)29-21(27)26-18-11-15(23)7-5-13(18)10-19(26)17-8-6-14-9-16(28-4)12-24-20(14)25-17/h5-12H,1-4H3. The largest absolute Gasteiger partial charge is 0.495 e. The van der Waals surface area contributed by atoms with Gasteiger partial charge in [0, 0.05) is 10.8 Å². The Morgan fingerprint density at radius 3 is 2.55 bits per heavy atom. The number of benzene rings is 1. The predicted molar refractivity (Wildman–Crippen MR) is 109 cm³/mol. The molecule has 4 rings (SSSR count). The molecule has 0 fully saturated rings. The fourth-order valence-electron chi connectivity index (χ4n) is 3.11. The monoisotopic (exact) mass is 393 g/mol. The van der Waals surface area contributed by atoms with Crippen LogP contribution in [0.3, 0.4) is 0 Å². The first-order valence-electron chi connectivity index (χ1n) is 9.11. The summed E-state index contributed by atoms with van der Waals surface area (Å²) in [5, 5.41) is 1.51. The molecule has 7 heteroatoms. The molecule has 0 N–H and O–H groups in total. The lowest BCUT2D eigenvalue weighted by Crippen LogP contribution is -2.27. The van der Waals surface area contributed by atoms with E-state index in [1.807, 2.05) is 12.1 Å². The highest BCUT2D eigenvalue weighted by Crippen LogP contribution is 2.30. The van der Waals surface area contributed by atoms with E-state index in [4.69, 9.17) is 9.47 Å². The molecule has 0 aliphatic carbocycles. The van der Waals surface area contributed by atoms with E-state index in [0.717, 1.165) is 5.39 Å². The van der Waals surface area contributed by atoms with Crippen molar-refractivity contribution in [1.29, 1.82) is 0 Å². The number of rotatable bonds is 2. The number of aromatic nitrogens is 3. The second-order valence-corrected chi connectivity index (χ2v) is 7.67. The number of methoxy groups -OCH3 is 1. The minimum absolute atomic E-state index is 0.416. The summed E-state index contributed by atoms with van der Waals surface area (Å²) >= 11 is 0. The van der Waals surface area contributed by atoms with Gasteiger partial charge in [0.2, 0.25) is 0 Å². The first kappa shape index (κ1) is 18.9. The van der Waals surface area contributed by atoms with Gasteiger partial charge in [-0.25, -0.2) is 23.7 Å². The molecule has 0 aliphatic rings. The Balaban J connectivity index is 1.92. The molecule has 3 heterocycles. The third-order valence-corrected chi connectivity index (χ3v) is 4.36. The first-order valence-corrected chi connectivity index (χ1v) is 9.11. The van der Waals surface area contributed by atoms with Crippen LogP contribution in [-0.4, -0.2) is 33.3 Å². The van der Waals surface area contributed by atoms with Crippen LogP contribution in [0.15, 0.2) is 48.7 Å².